The molecule has 7 rings (SSSR count). The van der Waals surface area contributed by atoms with E-state index in [1.54, 1.807) is 43.3 Å². The van der Waals surface area contributed by atoms with Gasteiger partial charge < -0.3 is 18.6 Å². The van der Waals surface area contributed by atoms with Crippen molar-refractivity contribution in [3.8, 4) is 34.5 Å². The Hall–Kier alpha value is -4.70. The van der Waals surface area contributed by atoms with Crippen molar-refractivity contribution >= 4 is 32.5 Å². The Morgan fingerprint density at radius 3 is 2.59 bits per heavy atom. The zero-order chi connectivity index (χ0) is 26.7. The third kappa shape index (κ3) is 3.67. The first kappa shape index (κ1) is 23.4. The van der Waals surface area contributed by atoms with Gasteiger partial charge in [-0.1, -0.05) is 46.3 Å². The minimum atomic E-state index is -0.677. The second-order valence-corrected chi connectivity index (χ2v) is 9.86. The first-order chi connectivity index (χ1) is 19.1. The molecule has 39 heavy (non-hydrogen) atoms. The summed E-state index contributed by atoms with van der Waals surface area (Å²) < 4.78 is 25.9. The van der Waals surface area contributed by atoms with Crippen LogP contribution in [0.5, 0.6) is 23.1 Å². The van der Waals surface area contributed by atoms with E-state index in [9.17, 15) is 4.79 Å². The third-order valence-corrected chi connectivity index (χ3v) is 7.34. The largest absolute Gasteiger partial charge is 0.497 e. The highest BCUT2D eigenvalue weighted by atomic mass is 79.9. The predicted octanol–water partition coefficient (Wildman–Crippen LogP) is 5.96. The maximum absolute atomic E-state index is 13.6. The van der Waals surface area contributed by atoms with E-state index in [0.717, 1.165) is 10.0 Å². The van der Waals surface area contributed by atoms with Gasteiger partial charge in [0.15, 0.2) is 17.2 Å². The van der Waals surface area contributed by atoms with Gasteiger partial charge in [-0.2, -0.15) is 0 Å². The van der Waals surface area contributed by atoms with Crippen LogP contribution in [0.3, 0.4) is 0 Å². The minimum Gasteiger partial charge on any atom is -0.497 e. The van der Waals surface area contributed by atoms with Gasteiger partial charge in [0.05, 0.1) is 36.7 Å². The predicted molar refractivity (Wildman–Crippen MR) is 147 cm³/mol. The number of rotatable bonds is 4. The van der Waals surface area contributed by atoms with E-state index in [-0.39, 0.29) is 0 Å². The number of halogens is 1. The molecule has 0 spiro atoms. The Morgan fingerprint density at radius 1 is 0.974 bits per heavy atom. The molecule has 1 unspecified atom stereocenters. The molecule has 1 aliphatic rings. The lowest BCUT2D eigenvalue weighted by Crippen LogP contribution is -2.22. The SMILES string of the molecule is COc1ccc(C2c3c(c4ccccc4oc3=O)Oc3ncn4nc(-c5ccc(Br)cc5)nc4c32)c(OC)c1. The monoisotopic (exact) mass is 582 g/mol. The van der Waals surface area contributed by atoms with Crippen LogP contribution in [0.1, 0.15) is 22.6 Å². The van der Waals surface area contributed by atoms with Crippen LogP contribution >= 0.6 is 15.9 Å². The summed E-state index contributed by atoms with van der Waals surface area (Å²) in [6.45, 7) is 0. The van der Waals surface area contributed by atoms with Crippen LogP contribution in [0, 0.1) is 0 Å². The average Bonchev–Trinajstić information content (AvgIpc) is 3.41. The van der Waals surface area contributed by atoms with Crippen LogP contribution in [0.4, 0.5) is 0 Å². The highest BCUT2D eigenvalue weighted by molar-refractivity contribution is 9.10. The smallest absolute Gasteiger partial charge is 0.344 e. The fourth-order valence-electron chi connectivity index (χ4n) is 5.02. The molecule has 0 aliphatic carbocycles. The molecule has 3 aromatic heterocycles. The highest BCUT2D eigenvalue weighted by Gasteiger charge is 2.39. The zero-order valence-corrected chi connectivity index (χ0v) is 22.3. The molecule has 0 radical (unpaired) electrons. The Kier molecular flexibility index (Phi) is 5.38. The van der Waals surface area contributed by atoms with Gasteiger partial charge in [-0.25, -0.2) is 19.3 Å². The highest BCUT2D eigenvalue weighted by Crippen LogP contribution is 2.51. The Balaban J connectivity index is 1.55. The number of hydrogen-bond donors (Lipinski definition) is 0. The van der Waals surface area contributed by atoms with E-state index in [1.807, 2.05) is 48.5 Å². The average molecular weight is 583 g/mol. The molecular formula is C29H19BrN4O5. The molecule has 10 heteroatoms. The lowest BCUT2D eigenvalue weighted by molar-refractivity contribution is 0.387. The number of nitrogens with zero attached hydrogens (tertiary/aromatic N) is 4. The lowest BCUT2D eigenvalue weighted by Gasteiger charge is -2.28. The summed E-state index contributed by atoms with van der Waals surface area (Å²) in [6.07, 6.45) is 1.56. The fourth-order valence-corrected chi connectivity index (χ4v) is 5.28. The number of aromatic nitrogens is 4. The normalized spacial score (nSPS) is 14.1. The van der Waals surface area contributed by atoms with E-state index < -0.39 is 11.5 Å². The van der Waals surface area contributed by atoms with E-state index >= 15 is 0 Å². The summed E-state index contributed by atoms with van der Waals surface area (Å²) in [7, 11) is 3.16. The Labute approximate surface area is 229 Å². The van der Waals surface area contributed by atoms with Gasteiger partial charge in [-0.3, -0.25) is 0 Å². The lowest BCUT2D eigenvalue weighted by atomic mass is 9.83. The molecule has 4 heterocycles. The maximum Gasteiger partial charge on any atom is 0.344 e. The number of ether oxygens (including phenoxy) is 3. The van der Waals surface area contributed by atoms with Crippen molar-refractivity contribution in [2.75, 3.05) is 14.2 Å². The van der Waals surface area contributed by atoms with Crippen LogP contribution in [0.15, 0.2) is 86.7 Å². The second-order valence-electron chi connectivity index (χ2n) is 8.95. The molecule has 0 N–H and O–H groups in total. The summed E-state index contributed by atoms with van der Waals surface area (Å²) in [5, 5.41) is 5.33. The Bertz CT molecular complexity index is 1970. The zero-order valence-electron chi connectivity index (χ0n) is 20.7. The van der Waals surface area contributed by atoms with Gasteiger partial charge in [0.25, 0.3) is 0 Å². The molecule has 0 saturated carbocycles. The number of fused-ring (bicyclic) bond motifs is 6. The van der Waals surface area contributed by atoms with Crippen LogP contribution in [0.25, 0.3) is 28.0 Å². The standard InChI is InChI=1S/C29H19BrN4O5/c1-36-17-11-12-18(21(13-17)37-2)22-23-25(19-5-3-4-6-20(19)38-29(23)35)39-28-24(22)27-32-26(33-34(27)14-31-28)15-7-9-16(30)10-8-15/h3-14,22H,1-2H3. The molecule has 3 aromatic carbocycles. The topological polar surface area (TPSA) is 101 Å². The number of para-hydroxylation sites is 1. The molecule has 9 nitrogen and oxygen atoms in total. The first-order valence-corrected chi connectivity index (χ1v) is 12.8. The van der Waals surface area contributed by atoms with Crippen LogP contribution < -0.4 is 19.8 Å². The fraction of sp³-hybridized carbons (Fsp3) is 0.103. The van der Waals surface area contributed by atoms with Crippen molar-refractivity contribution in [3.63, 3.8) is 0 Å². The van der Waals surface area contributed by atoms with Gasteiger partial charge in [0, 0.05) is 21.7 Å². The molecular weight excluding hydrogens is 564 g/mol. The summed E-state index contributed by atoms with van der Waals surface area (Å²) in [6, 6.07) is 20.4. The van der Waals surface area contributed by atoms with Gasteiger partial charge in [0.2, 0.25) is 5.88 Å². The van der Waals surface area contributed by atoms with Crippen LogP contribution in [0.2, 0.25) is 0 Å². The molecule has 0 fully saturated rings. The van der Waals surface area contributed by atoms with Gasteiger partial charge in [0.1, 0.15) is 23.4 Å². The van der Waals surface area contributed by atoms with Crippen LogP contribution in [-0.4, -0.2) is 33.8 Å². The summed E-state index contributed by atoms with van der Waals surface area (Å²) >= 11 is 3.47. The van der Waals surface area contributed by atoms with Crippen molar-refractivity contribution in [3.05, 3.63) is 105 Å². The van der Waals surface area contributed by atoms with E-state index in [4.69, 9.17) is 23.6 Å². The van der Waals surface area contributed by atoms with Gasteiger partial charge in [-0.05, 0) is 30.3 Å². The summed E-state index contributed by atoms with van der Waals surface area (Å²) in [5.41, 5.74) is 2.84. The molecule has 0 amide bonds. The van der Waals surface area contributed by atoms with Crippen molar-refractivity contribution in [1.82, 2.24) is 19.6 Å². The molecule has 1 atom stereocenters. The maximum atomic E-state index is 13.6. The van der Waals surface area contributed by atoms with Crippen molar-refractivity contribution in [2.45, 2.75) is 5.92 Å². The number of hydrogen-bond acceptors (Lipinski definition) is 8. The first-order valence-electron chi connectivity index (χ1n) is 12.0. The molecule has 0 bridgehead atoms. The summed E-state index contributed by atoms with van der Waals surface area (Å²) in [4.78, 5) is 23.1. The van der Waals surface area contributed by atoms with Gasteiger partial charge in [-0.15, -0.1) is 5.10 Å². The second kappa shape index (κ2) is 8.95. The van der Waals surface area contributed by atoms with E-state index in [0.29, 0.717) is 62.3 Å². The quantitative estimate of drug-likeness (QED) is 0.234. The van der Waals surface area contributed by atoms with Crippen molar-refractivity contribution < 1.29 is 18.6 Å². The summed E-state index contributed by atoms with van der Waals surface area (Å²) in [5.74, 6) is 1.69. The molecule has 192 valence electrons. The molecule has 0 saturated heterocycles. The number of benzene rings is 3. The minimum absolute atomic E-state index is 0.323. The third-order valence-electron chi connectivity index (χ3n) is 6.82. The molecule has 6 aromatic rings. The van der Waals surface area contributed by atoms with Crippen LogP contribution in [-0.2, 0) is 0 Å². The Morgan fingerprint density at radius 2 is 1.79 bits per heavy atom. The van der Waals surface area contributed by atoms with Crippen molar-refractivity contribution in [1.29, 1.82) is 0 Å². The van der Waals surface area contributed by atoms with E-state index in [2.05, 4.69) is 26.0 Å². The number of methoxy groups -OCH3 is 2. The van der Waals surface area contributed by atoms with E-state index in [1.165, 1.54) is 0 Å². The van der Waals surface area contributed by atoms with Crippen molar-refractivity contribution in [2.24, 2.45) is 0 Å². The molecule has 1 aliphatic heterocycles. The van der Waals surface area contributed by atoms with Gasteiger partial charge >= 0.3 is 5.63 Å².